The van der Waals surface area contributed by atoms with Crippen molar-refractivity contribution in [3.8, 4) is 22.5 Å². The van der Waals surface area contributed by atoms with Crippen LogP contribution in [0.5, 0.6) is 0 Å². The van der Waals surface area contributed by atoms with Crippen LogP contribution >= 0.6 is 0 Å². The molecule has 1 aliphatic heterocycles. The molecule has 2 fully saturated rings. The maximum absolute atomic E-state index is 13.7. The monoisotopic (exact) mass is 483 g/mol. The van der Waals surface area contributed by atoms with E-state index < -0.39 is 17.6 Å². The van der Waals surface area contributed by atoms with Gasteiger partial charge in [0.25, 0.3) is 5.92 Å². The first-order chi connectivity index (χ1) is 16.7. The Balaban J connectivity index is 1.30. The Morgan fingerprint density at radius 3 is 2.63 bits per heavy atom. The summed E-state index contributed by atoms with van der Waals surface area (Å²) < 4.78 is 44.2. The fourth-order valence-electron chi connectivity index (χ4n) is 4.89. The zero-order valence-electron chi connectivity index (χ0n) is 19.8. The SMILES string of the molecule is CCC(C1CC1(F)F)n1cc(-c2nc(-c3cnn(C[C@@H]4COC(C)(C)O4)c3)cn3nccc23)cn1. The van der Waals surface area contributed by atoms with Gasteiger partial charge in [0.2, 0.25) is 0 Å². The minimum absolute atomic E-state index is 0.0777. The summed E-state index contributed by atoms with van der Waals surface area (Å²) in [5.41, 5.74) is 3.78. The largest absolute Gasteiger partial charge is 0.348 e. The minimum atomic E-state index is -2.60. The van der Waals surface area contributed by atoms with Crippen molar-refractivity contribution in [2.45, 2.75) is 64.0 Å². The van der Waals surface area contributed by atoms with Gasteiger partial charge in [0.15, 0.2) is 5.79 Å². The molecule has 0 radical (unpaired) electrons. The Bertz CT molecular complexity index is 1380. The van der Waals surface area contributed by atoms with Crippen LogP contribution in [0, 0.1) is 5.92 Å². The van der Waals surface area contributed by atoms with Crippen molar-refractivity contribution in [3.05, 3.63) is 43.2 Å². The number of alkyl halides is 2. The zero-order valence-corrected chi connectivity index (χ0v) is 19.8. The molecule has 4 aromatic heterocycles. The van der Waals surface area contributed by atoms with Gasteiger partial charge in [-0.25, -0.2) is 18.3 Å². The van der Waals surface area contributed by atoms with E-state index in [1.807, 2.05) is 50.1 Å². The molecule has 1 saturated carbocycles. The number of hydrogen-bond donors (Lipinski definition) is 0. The van der Waals surface area contributed by atoms with Crippen molar-refractivity contribution in [1.29, 1.82) is 0 Å². The van der Waals surface area contributed by atoms with Crippen LogP contribution < -0.4 is 0 Å². The third-order valence-electron chi connectivity index (χ3n) is 6.75. The van der Waals surface area contributed by atoms with Crippen molar-refractivity contribution in [2.24, 2.45) is 5.92 Å². The average Bonchev–Trinajstić information content (AvgIpc) is 3.41. The van der Waals surface area contributed by atoms with Crippen molar-refractivity contribution in [2.75, 3.05) is 6.61 Å². The molecule has 3 atom stereocenters. The van der Waals surface area contributed by atoms with E-state index in [2.05, 4.69) is 15.3 Å². The van der Waals surface area contributed by atoms with Gasteiger partial charge in [-0.1, -0.05) is 6.92 Å². The van der Waals surface area contributed by atoms with Crippen LogP contribution in [-0.2, 0) is 16.0 Å². The standard InChI is InChI=1S/C24H27F2N7O2/c1-4-20(18-7-24(18,25)26)32-11-16(9-29-32)22-21-5-6-27-33(21)13-19(30-22)15-8-28-31(10-15)12-17-14-34-23(2,3)35-17/h5-6,8-11,13,17-18,20H,4,7,12,14H2,1-3H3/t17-,18?,20?/m1/s1. The molecule has 9 nitrogen and oxygen atoms in total. The highest BCUT2D eigenvalue weighted by molar-refractivity contribution is 5.78. The predicted molar refractivity (Wildman–Crippen MR) is 123 cm³/mol. The van der Waals surface area contributed by atoms with Crippen molar-refractivity contribution in [3.63, 3.8) is 0 Å². The second-order valence-corrected chi connectivity index (χ2v) is 9.79. The second kappa shape index (κ2) is 7.92. The fraction of sp³-hybridized carbons (Fsp3) is 0.500. The van der Waals surface area contributed by atoms with E-state index >= 15 is 0 Å². The number of nitrogens with zero attached hydrogens (tertiary/aromatic N) is 7. The Morgan fingerprint density at radius 1 is 1.11 bits per heavy atom. The Hall–Kier alpha value is -3.18. The van der Waals surface area contributed by atoms with Gasteiger partial charge in [-0.2, -0.15) is 15.3 Å². The highest BCUT2D eigenvalue weighted by Gasteiger charge is 2.60. The Labute approximate surface area is 200 Å². The molecule has 1 aliphatic carbocycles. The zero-order chi connectivity index (χ0) is 24.4. The van der Waals surface area contributed by atoms with Crippen LogP contribution in [0.3, 0.4) is 0 Å². The average molecular weight is 484 g/mol. The molecule has 4 aromatic rings. The lowest BCUT2D eigenvalue weighted by Crippen LogP contribution is -2.24. The molecule has 5 heterocycles. The molecule has 35 heavy (non-hydrogen) atoms. The van der Waals surface area contributed by atoms with E-state index in [1.165, 1.54) is 0 Å². The van der Waals surface area contributed by atoms with E-state index in [0.717, 1.165) is 16.6 Å². The second-order valence-electron chi connectivity index (χ2n) is 9.79. The fourth-order valence-corrected chi connectivity index (χ4v) is 4.89. The van der Waals surface area contributed by atoms with Crippen LogP contribution in [0.4, 0.5) is 8.78 Å². The molecule has 6 rings (SSSR count). The summed E-state index contributed by atoms with van der Waals surface area (Å²) in [6.07, 6.45) is 11.2. The lowest BCUT2D eigenvalue weighted by atomic mass is 10.1. The normalized spacial score (nSPS) is 23.7. The van der Waals surface area contributed by atoms with Crippen LogP contribution in [0.25, 0.3) is 28.0 Å². The maximum atomic E-state index is 13.7. The highest BCUT2D eigenvalue weighted by atomic mass is 19.3. The van der Waals surface area contributed by atoms with E-state index in [-0.39, 0.29) is 18.6 Å². The van der Waals surface area contributed by atoms with E-state index in [4.69, 9.17) is 14.5 Å². The molecule has 0 spiro atoms. The molecule has 0 amide bonds. The molecule has 0 N–H and O–H groups in total. The van der Waals surface area contributed by atoms with Crippen LogP contribution in [-0.4, -0.2) is 58.6 Å². The van der Waals surface area contributed by atoms with Gasteiger partial charge in [-0.05, 0) is 26.3 Å². The quantitative estimate of drug-likeness (QED) is 0.392. The number of ether oxygens (including phenoxy) is 2. The van der Waals surface area contributed by atoms with Crippen LogP contribution in [0.15, 0.2) is 43.2 Å². The van der Waals surface area contributed by atoms with Gasteiger partial charge < -0.3 is 9.47 Å². The molecule has 2 aliphatic rings. The van der Waals surface area contributed by atoms with Crippen molar-refractivity contribution in [1.82, 2.24) is 34.2 Å². The van der Waals surface area contributed by atoms with Gasteiger partial charge in [0.05, 0.1) is 66.8 Å². The summed E-state index contributed by atoms with van der Waals surface area (Å²) in [4.78, 5) is 4.90. The lowest BCUT2D eigenvalue weighted by Gasteiger charge is -2.16. The summed E-state index contributed by atoms with van der Waals surface area (Å²) in [7, 11) is 0. The molecular weight excluding hydrogens is 456 g/mol. The molecule has 11 heteroatoms. The highest BCUT2D eigenvalue weighted by Crippen LogP contribution is 2.55. The number of rotatable bonds is 7. The number of fused-ring (bicyclic) bond motifs is 1. The Morgan fingerprint density at radius 2 is 1.91 bits per heavy atom. The van der Waals surface area contributed by atoms with Crippen LogP contribution in [0.1, 0.15) is 39.7 Å². The maximum Gasteiger partial charge on any atom is 0.253 e. The summed E-state index contributed by atoms with van der Waals surface area (Å²) in [6, 6.07) is 1.53. The molecule has 184 valence electrons. The van der Waals surface area contributed by atoms with Crippen molar-refractivity contribution < 1.29 is 18.3 Å². The first-order valence-electron chi connectivity index (χ1n) is 11.8. The molecule has 0 bridgehead atoms. The predicted octanol–water partition coefficient (Wildman–Crippen LogP) is 4.21. The molecule has 0 aromatic carbocycles. The van der Waals surface area contributed by atoms with Gasteiger partial charge in [-0.15, -0.1) is 0 Å². The lowest BCUT2D eigenvalue weighted by molar-refractivity contribution is -0.139. The minimum Gasteiger partial charge on any atom is -0.348 e. The van der Waals surface area contributed by atoms with Crippen LogP contribution in [0.2, 0.25) is 0 Å². The molecule has 2 unspecified atom stereocenters. The van der Waals surface area contributed by atoms with E-state index in [0.29, 0.717) is 31.0 Å². The van der Waals surface area contributed by atoms with Gasteiger partial charge in [0.1, 0.15) is 6.10 Å². The number of halogens is 2. The summed E-state index contributed by atoms with van der Waals surface area (Å²) >= 11 is 0. The summed E-state index contributed by atoms with van der Waals surface area (Å²) in [5.74, 6) is -3.85. The topological polar surface area (TPSA) is 84.3 Å². The molecule has 1 saturated heterocycles. The smallest absolute Gasteiger partial charge is 0.253 e. The van der Waals surface area contributed by atoms with E-state index in [9.17, 15) is 8.78 Å². The van der Waals surface area contributed by atoms with Gasteiger partial charge in [0, 0.05) is 29.9 Å². The van der Waals surface area contributed by atoms with Gasteiger partial charge >= 0.3 is 0 Å². The van der Waals surface area contributed by atoms with E-state index in [1.54, 1.807) is 27.8 Å². The molecular formula is C24H27F2N7O2. The third kappa shape index (κ3) is 4.12. The third-order valence-corrected chi connectivity index (χ3v) is 6.75. The van der Waals surface area contributed by atoms with Gasteiger partial charge in [-0.3, -0.25) is 9.36 Å². The summed E-state index contributed by atoms with van der Waals surface area (Å²) in [5, 5.41) is 13.3. The first-order valence-corrected chi connectivity index (χ1v) is 11.8. The Kier molecular flexibility index (Phi) is 5.05. The number of hydrogen-bond acceptors (Lipinski definition) is 6. The number of aromatic nitrogens is 7. The first kappa shape index (κ1) is 22.3. The van der Waals surface area contributed by atoms with Crippen molar-refractivity contribution >= 4 is 5.52 Å². The summed E-state index contributed by atoms with van der Waals surface area (Å²) in [6.45, 7) is 6.78.